The molecule has 1 unspecified atom stereocenters. The van der Waals surface area contributed by atoms with Crippen LogP contribution in [0.4, 0.5) is 0 Å². The highest BCUT2D eigenvalue weighted by Gasteiger charge is 2.30. The van der Waals surface area contributed by atoms with Crippen LogP contribution in [-0.4, -0.2) is 64.5 Å². The fraction of sp³-hybridized carbons (Fsp3) is 0.500. The van der Waals surface area contributed by atoms with Gasteiger partial charge in [0.2, 0.25) is 5.91 Å². The van der Waals surface area contributed by atoms with E-state index in [1.54, 1.807) is 4.68 Å². The molecule has 2 aromatic rings. The molecule has 0 bridgehead atoms. The van der Waals surface area contributed by atoms with Gasteiger partial charge in [0.05, 0.1) is 11.7 Å². The van der Waals surface area contributed by atoms with E-state index < -0.39 is 0 Å². The zero-order valence-corrected chi connectivity index (χ0v) is 15.1. The molecule has 1 aromatic carbocycles. The van der Waals surface area contributed by atoms with Crippen molar-refractivity contribution < 1.29 is 14.3 Å². The van der Waals surface area contributed by atoms with Gasteiger partial charge in [-0.2, -0.15) is 5.10 Å². The Kier molecular flexibility index (Phi) is 4.50. The number of aromatic nitrogens is 3. The molecule has 0 radical (unpaired) electrons. The minimum absolute atomic E-state index is 0.0486. The maximum absolute atomic E-state index is 12.4. The molecule has 8 nitrogen and oxygen atoms in total. The number of likely N-dealkylation sites (N-methyl/N-ethyl adjacent to an activating group) is 1. The summed E-state index contributed by atoms with van der Waals surface area (Å²) in [5.74, 6) is 2.93. The lowest BCUT2D eigenvalue weighted by atomic mass is 10.1. The van der Waals surface area contributed by atoms with Crippen LogP contribution in [0, 0.1) is 6.92 Å². The second-order valence-corrected chi connectivity index (χ2v) is 6.45. The van der Waals surface area contributed by atoms with E-state index >= 15 is 0 Å². The largest absolute Gasteiger partial charge is 0.486 e. The molecule has 1 fully saturated rings. The molecule has 0 saturated carbocycles. The smallest absolute Gasteiger partial charge is 0.237 e. The summed E-state index contributed by atoms with van der Waals surface area (Å²) in [5.41, 5.74) is 0.851. The van der Waals surface area contributed by atoms with Crippen molar-refractivity contribution in [1.29, 1.82) is 0 Å². The number of benzene rings is 1. The second-order valence-electron chi connectivity index (χ2n) is 6.45. The van der Waals surface area contributed by atoms with Gasteiger partial charge in [0, 0.05) is 25.6 Å². The fourth-order valence-corrected chi connectivity index (χ4v) is 3.50. The van der Waals surface area contributed by atoms with Crippen LogP contribution < -0.4 is 14.8 Å². The molecule has 1 atom stereocenters. The first-order chi connectivity index (χ1) is 12.7. The number of fused-ring (bicyclic) bond motifs is 1. The quantitative estimate of drug-likeness (QED) is 0.868. The minimum atomic E-state index is -0.228. The van der Waals surface area contributed by atoms with E-state index in [1.165, 1.54) is 0 Å². The van der Waals surface area contributed by atoms with E-state index in [0.29, 0.717) is 37.8 Å². The number of carbonyl (C=O) groups is 1. The summed E-state index contributed by atoms with van der Waals surface area (Å²) in [4.78, 5) is 19.1. The van der Waals surface area contributed by atoms with E-state index in [-0.39, 0.29) is 11.9 Å². The van der Waals surface area contributed by atoms with Crippen LogP contribution >= 0.6 is 0 Å². The van der Waals surface area contributed by atoms with Crippen molar-refractivity contribution in [3.63, 3.8) is 0 Å². The third kappa shape index (κ3) is 3.12. The van der Waals surface area contributed by atoms with Crippen LogP contribution in [-0.2, 0) is 11.2 Å². The molecule has 8 heteroatoms. The Bertz CT molecular complexity index is 819. The SMILES string of the molecule is CCN1CCNC(=O)C1Cc1nc(C)nn1-c1ccc2c(c1)OCCO2. The van der Waals surface area contributed by atoms with Crippen molar-refractivity contribution in [3.05, 3.63) is 29.8 Å². The average Bonchev–Trinajstić information content (AvgIpc) is 3.03. The summed E-state index contributed by atoms with van der Waals surface area (Å²) in [6, 6.07) is 5.50. The lowest BCUT2D eigenvalue weighted by Crippen LogP contribution is -2.56. The Morgan fingerprint density at radius 3 is 2.88 bits per heavy atom. The number of nitrogens with zero attached hydrogens (tertiary/aromatic N) is 4. The van der Waals surface area contributed by atoms with Crippen LogP contribution in [0.1, 0.15) is 18.6 Å². The molecule has 3 heterocycles. The highest BCUT2D eigenvalue weighted by Crippen LogP contribution is 2.32. The number of ether oxygens (including phenoxy) is 2. The number of nitrogens with one attached hydrogen (secondary N) is 1. The molecule has 4 rings (SSSR count). The molecule has 2 aliphatic heterocycles. The van der Waals surface area contributed by atoms with Gasteiger partial charge in [-0.15, -0.1) is 0 Å². The maximum atomic E-state index is 12.4. The third-order valence-electron chi connectivity index (χ3n) is 4.77. The van der Waals surface area contributed by atoms with E-state index in [0.717, 1.165) is 30.4 Å². The molecule has 26 heavy (non-hydrogen) atoms. The number of hydrogen-bond acceptors (Lipinski definition) is 6. The Hall–Kier alpha value is -2.61. The lowest BCUT2D eigenvalue weighted by molar-refractivity contribution is -0.128. The van der Waals surface area contributed by atoms with Crippen molar-refractivity contribution >= 4 is 5.91 Å². The van der Waals surface area contributed by atoms with Gasteiger partial charge in [-0.05, 0) is 25.6 Å². The van der Waals surface area contributed by atoms with E-state index in [2.05, 4.69) is 27.2 Å². The normalized spacial score (nSPS) is 20.1. The molecule has 1 N–H and O–H groups in total. The minimum Gasteiger partial charge on any atom is -0.486 e. The Morgan fingerprint density at radius 1 is 1.27 bits per heavy atom. The summed E-state index contributed by atoms with van der Waals surface area (Å²) >= 11 is 0. The van der Waals surface area contributed by atoms with E-state index in [4.69, 9.17) is 9.47 Å². The summed E-state index contributed by atoms with van der Waals surface area (Å²) in [6.45, 7) is 7.40. The van der Waals surface area contributed by atoms with Crippen molar-refractivity contribution in [3.8, 4) is 17.2 Å². The summed E-state index contributed by atoms with van der Waals surface area (Å²) in [6.07, 6.45) is 0.509. The molecule has 1 amide bonds. The zero-order valence-electron chi connectivity index (χ0n) is 15.1. The van der Waals surface area contributed by atoms with Gasteiger partial charge in [0.25, 0.3) is 0 Å². The van der Waals surface area contributed by atoms with Gasteiger partial charge in [-0.1, -0.05) is 6.92 Å². The van der Waals surface area contributed by atoms with Gasteiger partial charge in [0.1, 0.15) is 24.9 Å². The van der Waals surface area contributed by atoms with Crippen LogP contribution in [0.3, 0.4) is 0 Å². The first-order valence-electron chi connectivity index (χ1n) is 9.00. The number of carbonyl (C=O) groups excluding carboxylic acids is 1. The fourth-order valence-electron chi connectivity index (χ4n) is 3.50. The molecule has 2 aliphatic rings. The average molecular weight is 357 g/mol. The molecule has 0 spiro atoms. The first-order valence-corrected chi connectivity index (χ1v) is 9.00. The van der Waals surface area contributed by atoms with Crippen LogP contribution in [0.25, 0.3) is 5.69 Å². The first kappa shape index (κ1) is 16.8. The summed E-state index contributed by atoms with van der Waals surface area (Å²) in [5, 5.41) is 7.48. The van der Waals surface area contributed by atoms with Gasteiger partial charge in [-0.3, -0.25) is 9.69 Å². The third-order valence-corrected chi connectivity index (χ3v) is 4.77. The van der Waals surface area contributed by atoms with Gasteiger partial charge >= 0.3 is 0 Å². The Balaban J connectivity index is 1.65. The van der Waals surface area contributed by atoms with Crippen LogP contribution in [0.15, 0.2) is 18.2 Å². The lowest BCUT2D eigenvalue weighted by Gasteiger charge is -2.33. The van der Waals surface area contributed by atoms with Gasteiger partial charge < -0.3 is 14.8 Å². The highest BCUT2D eigenvalue weighted by atomic mass is 16.6. The number of aryl methyl sites for hydroxylation is 1. The van der Waals surface area contributed by atoms with Crippen molar-refractivity contribution in [2.45, 2.75) is 26.3 Å². The molecule has 138 valence electrons. The standard InChI is InChI=1S/C18H23N5O3/c1-3-22-7-6-19-18(24)14(22)11-17-20-12(2)21-23(17)13-4-5-15-16(10-13)26-9-8-25-15/h4-5,10,14H,3,6-9,11H2,1-2H3,(H,19,24). The predicted octanol–water partition coefficient (Wildman–Crippen LogP) is 0.710. The van der Waals surface area contributed by atoms with E-state index in [1.807, 2.05) is 25.1 Å². The summed E-state index contributed by atoms with van der Waals surface area (Å²) in [7, 11) is 0. The zero-order chi connectivity index (χ0) is 18.1. The second kappa shape index (κ2) is 6.95. The van der Waals surface area contributed by atoms with Crippen LogP contribution in [0.5, 0.6) is 11.5 Å². The monoisotopic (exact) mass is 357 g/mol. The topological polar surface area (TPSA) is 81.5 Å². The summed E-state index contributed by atoms with van der Waals surface area (Å²) < 4.78 is 13.1. The molecule has 1 aromatic heterocycles. The molecular formula is C18H23N5O3. The van der Waals surface area contributed by atoms with Crippen molar-refractivity contribution in [2.75, 3.05) is 32.8 Å². The van der Waals surface area contributed by atoms with Crippen molar-refractivity contribution in [1.82, 2.24) is 25.0 Å². The Morgan fingerprint density at radius 2 is 2.08 bits per heavy atom. The Labute approximate surface area is 152 Å². The number of piperazine rings is 1. The number of amides is 1. The van der Waals surface area contributed by atoms with Crippen molar-refractivity contribution in [2.24, 2.45) is 0 Å². The maximum Gasteiger partial charge on any atom is 0.237 e. The molecule has 0 aliphatic carbocycles. The number of rotatable bonds is 4. The number of hydrogen-bond donors (Lipinski definition) is 1. The predicted molar refractivity (Wildman–Crippen MR) is 94.8 cm³/mol. The van der Waals surface area contributed by atoms with Gasteiger partial charge in [0.15, 0.2) is 11.5 Å². The van der Waals surface area contributed by atoms with Crippen LogP contribution in [0.2, 0.25) is 0 Å². The van der Waals surface area contributed by atoms with Gasteiger partial charge in [-0.25, -0.2) is 9.67 Å². The van der Waals surface area contributed by atoms with E-state index in [9.17, 15) is 4.79 Å². The molecular weight excluding hydrogens is 334 g/mol. The highest BCUT2D eigenvalue weighted by molar-refractivity contribution is 5.82. The molecule has 1 saturated heterocycles.